The summed E-state index contributed by atoms with van der Waals surface area (Å²) in [6.45, 7) is 2.00. The topological polar surface area (TPSA) is 20.2 Å². The molecule has 3 rings (SSSR count). The molecule has 2 aromatic carbocycles. The highest BCUT2D eigenvalue weighted by molar-refractivity contribution is 6.31. The molecule has 20 heavy (non-hydrogen) atoms. The van der Waals surface area contributed by atoms with Gasteiger partial charge in [-0.15, -0.1) is 0 Å². The smallest absolute Gasteiger partial charge is 0.106 e. The van der Waals surface area contributed by atoms with Gasteiger partial charge in [-0.25, -0.2) is 0 Å². The fourth-order valence-corrected chi connectivity index (χ4v) is 3.21. The summed E-state index contributed by atoms with van der Waals surface area (Å²) in [6.07, 6.45) is 3.11. The van der Waals surface area contributed by atoms with Gasteiger partial charge in [-0.3, -0.25) is 0 Å². The average Bonchev–Trinajstić information content (AvgIpc) is 2.37. The normalized spacial score (nSPS) is 16.8. The van der Waals surface area contributed by atoms with E-state index in [1.54, 1.807) is 0 Å². The van der Waals surface area contributed by atoms with Crippen LogP contribution < -0.4 is 0 Å². The van der Waals surface area contributed by atoms with E-state index in [-0.39, 0.29) is 0 Å². The van der Waals surface area contributed by atoms with E-state index in [1.807, 2.05) is 37.3 Å². The average molecular weight is 287 g/mol. The first-order chi connectivity index (χ1) is 9.66. The zero-order valence-electron chi connectivity index (χ0n) is 11.6. The van der Waals surface area contributed by atoms with E-state index in [4.69, 9.17) is 11.6 Å². The third-order valence-electron chi connectivity index (χ3n) is 4.29. The largest absolute Gasteiger partial charge is 0.384 e. The molecular weight excluding hydrogens is 268 g/mol. The summed E-state index contributed by atoms with van der Waals surface area (Å²) in [5.41, 5.74) is 4.19. The van der Waals surface area contributed by atoms with Gasteiger partial charge in [0.1, 0.15) is 6.10 Å². The molecule has 1 nitrogen and oxygen atoms in total. The second-order valence-corrected chi connectivity index (χ2v) is 6.09. The quantitative estimate of drug-likeness (QED) is 0.842. The number of benzene rings is 2. The second kappa shape index (κ2) is 5.59. The van der Waals surface area contributed by atoms with Crippen LogP contribution >= 0.6 is 11.6 Å². The van der Waals surface area contributed by atoms with Crippen LogP contribution in [0, 0.1) is 6.92 Å². The molecule has 1 fully saturated rings. The zero-order chi connectivity index (χ0) is 14.1. The summed E-state index contributed by atoms with van der Waals surface area (Å²) in [5, 5.41) is 11.4. The monoisotopic (exact) mass is 286 g/mol. The van der Waals surface area contributed by atoms with E-state index in [0.29, 0.717) is 10.9 Å². The van der Waals surface area contributed by atoms with Crippen molar-refractivity contribution in [3.05, 3.63) is 69.7 Å². The van der Waals surface area contributed by atoms with Crippen molar-refractivity contribution >= 4 is 11.6 Å². The highest BCUT2D eigenvalue weighted by Gasteiger charge is 2.25. The minimum atomic E-state index is -0.639. The fourth-order valence-electron chi connectivity index (χ4n) is 2.87. The van der Waals surface area contributed by atoms with Crippen LogP contribution in [-0.2, 0) is 0 Å². The number of aryl methyl sites for hydroxylation is 1. The van der Waals surface area contributed by atoms with Gasteiger partial charge in [0.25, 0.3) is 0 Å². The molecule has 1 unspecified atom stereocenters. The number of aliphatic hydroxyl groups excluding tert-OH is 1. The van der Waals surface area contributed by atoms with Gasteiger partial charge < -0.3 is 5.11 Å². The summed E-state index contributed by atoms with van der Waals surface area (Å²) in [5.74, 6) is 0.602. The van der Waals surface area contributed by atoms with Crippen LogP contribution in [0.3, 0.4) is 0 Å². The van der Waals surface area contributed by atoms with Gasteiger partial charge >= 0.3 is 0 Å². The van der Waals surface area contributed by atoms with Crippen LogP contribution in [0.4, 0.5) is 0 Å². The Morgan fingerprint density at radius 1 is 1.10 bits per heavy atom. The van der Waals surface area contributed by atoms with Crippen LogP contribution in [-0.4, -0.2) is 5.11 Å². The first kappa shape index (κ1) is 13.7. The van der Waals surface area contributed by atoms with Crippen molar-refractivity contribution in [2.45, 2.75) is 38.2 Å². The van der Waals surface area contributed by atoms with E-state index < -0.39 is 6.10 Å². The van der Waals surface area contributed by atoms with Crippen LogP contribution in [0.1, 0.15) is 53.5 Å². The standard InChI is InChI=1S/C18H19ClO/c1-12-9-10-16(17(19)11-12)18(20)15-8-3-2-7-14(15)13-5-4-6-13/h2-3,7-11,13,18,20H,4-6H2,1H3. The molecule has 1 atom stereocenters. The van der Waals surface area contributed by atoms with Gasteiger partial charge in [0, 0.05) is 10.6 Å². The summed E-state index contributed by atoms with van der Waals surface area (Å²) in [7, 11) is 0. The van der Waals surface area contributed by atoms with E-state index in [0.717, 1.165) is 16.7 Å². The predicted octanol–water partition coefficient (Wildman–Crippen LogP) is 5.00. The van der Waals surface area contributed by atoms with Gasteiger partial charge in [-0.2, -0.15) is 0 Å². The highest BCUT2D eigenvalue weighted by Crippen LogP contribution is 2.41. The maximum absolute atomic E-state index is 10.7. The van der Waals surface area contributed by atoms with E-state index in [1.165, 1.54) is 24.8 Å². The number of hydrogen-bond acceptors (Lipinski definition) is 1. The molecule has 0 heterocycles. The molecule has 0 bridgehead atoms. The van der Waals surface area contributed by atoms with Gasteiger partial charge in [-0.1, -0.05) is 54.4 Å². The van der Waals surface area contributed by atoms with Gasteiger partial charge in [0.05, 0.1) is 0 Å². The van der Waals surface area contributed by atoms with Gasteiger partial charge in [0.15, 0.2) is 0 Å². The third kappa shape index (κ3) is 2.48. The maximum Gasteiger partial charge on any atom is 0.106 e. The molecule has 2 aromatic rings. The lowest BCUT2D eigenvalue weighted by Gasteiger charge is -2.29. The number of halogens is 1. The zero-order valence-corrected chi connectivity index (χ0v) is 12.4. The molecule has 0 spiro atoms. The predicted molar refractivity (Wildman–Crippen MR) is 83.3 cm³/mol. The van der Waals surface area contributed by atoms with Crippen molar-refractivity contribution in [2.75, 3.05) is 0 Å². The van der Waals surface area contributed by atoms with Crippen LogP contribution in [0.2, 0.25) is 5.02 Å². The summed E-state index contributed by atoms with van der Waals surface area (Å²) >= 11 is 6.29. The molecule has 2 heteroatoms. The SMILES string of the molecule is Cc1ccc(C(O)c2ccccc2C2CCC2)c(Cl)c1. The number of rotatable bonds is 3. The number of hydrogen-bond donors (Lipinski definition) is 1. The molecule has 1 N–H and O–H groups in total. The Morgan fingerprint density at radius 3 is 2.50 bits per heavy atom. The van der Waals surface area contributed by atoms with Crippen molar-refractivity contribution in [3.8, 4) is 0 Å². The first-order valence-corrected chi connectivity index (χ1v) is 7.57. The Hall–Kier alpha value is -1.31. The maximum atomic E-state index is 10.7. The minimum Gasteiger partial charge on any atom is -0.384 e. The molecule has 1 aliphatic rings. The first-order valence-electron chi connectivity index (χ1n) is 7.20. The minimum absolute atomic E-state index is 0.602. The lowest BCUT2D eigenvalue weighted by Crippen LogP contribution is -2.13. The Morgan fingerprint density at radius 2 is 1.85 bits per heavy atom. The third-order valence-corrected chi connectivity index (χ3v) is 4.61. The lowest BCUT2D eigenvalue weighted by molar-refractivity contribution is 0.217. The summed E-state index contributed by atoms with van der Waals surface area (Å²) in [4.78, 5) is 0. The summed E-state index contributed by atoms with van der Waals surface area (Å²) < 4.78 is 0. The Bertz CT molecular complexity index is 617. The van der Waals surface area contributed by atoms with E-state index >= 15 is 0 Å². The summed E-state index contributed by atoms with van der Waals surface area (Å²) in [6, 6.07) is 14.0. The van der Waals surface area contributed by atoms with Crippen molar-refractivity contribution in [1.29, 1.82) is 0 Å². The van der Waals surface area contributed by atoms with Crippen molar-refractivity contribution in [2.24, 2.45) is 0 Å². The Labute approximate surface area is 125 Å². The molecule has 104 valence electrons. The van der Waals surface area contributed by atoms with Crippen molar-refractivity contribution in [1.82, 2.24) is 0 Å². The fraction of sp³-hybridized carbons (Fsp3) is 0.333. The molecule has 1 aliphatic carbocycles. The van der Waals surface area contributed by atoms with Gasteiger partial charge in [0.2, 0.25) is 0 Å². The van der Waals surface area contributed by atoms with E-state index in [9.17, 15) is 5.11 Å². The Kier molecular flexibility index (Phi) is 3.82. The second-order valence-electron chi connectivity index (χ2n) is 5.68. The lowest BCUT2D eigenvalue weighted by atomic mass is 9.77. The van der Waals surface area contributed by atoms with Crippen LogP contribution in [0.15, 0.2) is 42.5 Å². The van der Waals surface area contributed by atoms with Crippen LogP contribution in [0.5, 0.6) is 0 Å². The molecule has 0 radical (unpaired) electrons. The van der Waals surface area contributed by atoms with Crippen molar-refractivity contribution in [3.63, 3.8) is 0 Å². The Balaban J connectivity index is 1.99. The molecule has 0 aromatic heterocycles. The molecule has 0 amide bonds. The van der Waals surface area contributed by atoms with Gasteiger partial charge in [-0.05, 0) is 48.4 Å². The number of aliphatic hydroxyl groups is 1. The van der Waals surface area contributed by atoms with Crippen molar-refractivity contribution < 1.29 is 5.11 Å². The van der Waals surface area contributed by atoms with Crippen LogP contribution in [0.25, 0.3) is 0 Å². The molecular formula is C18H19ClO. The molecule has 0 saturated heterocycles. The van der Waals surface area contributed by atoms with E-state index in [2.05, 4.69) is 12.1 Å². The highest BCUT2D eigenvalue weighted by atomic mass is 35.5. The molecule has 1 saturated carbocycles. The molecule has 0 aliphatic heterocycles.